The Bertz CT molecular complexity index is 266. The van der Waals surface area contributed by atoms with E-state index in [9.17, 15) is 0 Å². The Kier molecular flexibility index (Phi) is 7.24. The Hall–Kier alpha value is -0.200. The van der Waals surface area contributed by atoms with Gasteiger partial charge < -0.3 is 19.5 Å². The van der Waals surface area contributed by atoms with Crippen LogP contribution in [-0.4, -0.2) is 77.3 Å². The SMILES string of the molecule is CCC1C2CNCC2CN1CCOCCOCCOC. The van der Waals surface area contributed by atoms with Crippen LogP contribution in [0, 0.1) is 11.8 Å². The van der Waals surface area contributed by atoms with Gasteiger partial charge in [-0.25, -0.2) is 0 Å². The van der Waals surface area contributed by atoms with Gasteiger partial charge >= 0.3 is 0 Å². The van der Waals surface area contributed by atoms with Crippen molar-refractivity contribution in [3.8, 4) is 0 Å². The molecule has 0 amide bonds. The maximum absolute atomic E-state index is 5.67. The molecule has 2 aliphatic heterocycles. The van der Waals surface area contributed by atoms with E-state index in [2.05, 4.69) is 17.1 Å². The minimum atomic E-state index is 0.653. The number of likely N-dealkylation sites (tertiary alicyclic amines) is 1. The number of methoxy groups -OCH3 is 1. The van der Waals surface area contributed by atoms with Gasteiger partial charge in [-0.3, -0.25) is 4.90 Å². The molecule has 0 aromatic rings. The predicted octanol–water partition coefficient (Wildman–Crippen LogP) is 0.596. The number of rotatable bonds is 10. The molecule has 3 atom stereocenters. The number of fused-ring (bicyclic) bond motifs is 1. The molecule has 0 spiro atoms. The molecule has 2 rings (SSSR count). The van der Waals surface area contributed by atoms with E-state index < -0.39 is 0 Å². The van der Waals surface area contributed by atoms with Crippen LogP contribution in [0.5, 0.6) is 0 Å². The van der Waals surface area contributed by atoms with Gasteiger partial charge in [-0.2, -0.15) is 0 Å². The van der Waals surface area contributed by atoms with Gasteiger partial charge in [-0.1, -0.05) is 6.92 Å². The normalized spacial score (nSPS) is 30.0. The van der Waals surface area contributed by atoms with Crippen molar-refractivity contribution in [3.05, 3.63) is 0 Å². The molecule has 0 radical (unpaired) electrons. The van der Waals surface area contributed by atoms with Crippen molar-refractivity contribution in [3.63, 3.8) is 0 Å². The molecular weight excluding hydrogens is 256 g/mol. The molecule has 2 fully saturated rings. The van der Waals surface area contributed by atoms with Crippen molar-refractivity contribution in [2.75, 3.05) is 66.3 Å². The monoisotopic (exact) mass is 286 g/mol. The fourth-order valence-corrected chi connectivity index (χ4v) is 3.58. The third kappa shape index (κ3) is 4.40. The first-order valence-corrected chi connectivity index (χ1v) is 7.96. The third-order valence-corrected chi connectivity index (χ3v) is 4.57. The van der Waals surface area contributed by atoms with Crippen LogP contribution in [0.15, 0.2) is 0 Å². The molecule has 0 saturated carbocycles. The fourth-order valence-electron chi connectivity index (χ4n) is 3.58. The summed E-state index contributed by atoms with van der Waals surface area (Å²) in [6.07, 6.45) is 1.25. The first kappa shape index (κ1) is 16.2. The maximum Gasteiger partial charge on any atom is 0.0701 e. The van der Waals surface area contributed by atoms with E-state index in [4.69, 9.17) is 14.2 Å². The Labute approximate surface area is 122 Å². The van der Waals surface area contributed by atoms with E-state index in [0.717, 1.165) is 31.0 Å². The summed E-state index contributed by atoms with van der Waals surface area (Å²) in [5, 5.41) is 3.53. The lowest BCUT2D eigenvalue weighted by Gasteiger charge is -2.26. The average molecular weight is 286 g/mol. The summed E-state index contributed by atoms with van der Waals surface area (Å²) in [7, 11) is 1.69. The summed E-state index contributed by atoms with van der Waals surface area (Å²) in [5.74, 6) is 1.72. The van der Waals surface area contributed by atoms with Crippen molar-refractivity contribution in [1.29, 1.82) is 0 Å². The summed E-state index contributed by atoms with van der Waals surface area (Å²) in [6, 6.07) is 0.747. The molecule has 1 N–H and O–H groups in total. The van der Waals surface area contributed by atoms with Crippen LogP contribution in [0.25, 0.3) is 0 Å². The smallest absolute Gasteiger partial charge is 0.0701 e. The Morgan fingerprint density at radius 1 is 1.05 bits per heavy atom. The minimum absolute atomic E-state index is 0.653. The van der Waals surface area contributed by atoms with Crippen LogP contribution in [0.3, 0.4) is 0 Å². The Morgan fingerprint density at radius 3 is 2.55 bits per heavy atom. The van der Waals surface area contributed by atoms with Crippen molar-refractivity contribution < 1.29 is 14.2 Å². The summed E-state index contributed by atoms with van der Waals surface area (Å²) < 4.78 is 16.0. The third-order valence-electron chi connectivity index (χ3n) is 4.57. The van der Waals surface area contributed by atoms with Gasteiger partial charge in [-0.15, -0.1) is 0 Å². The number of hydrogen-bond acceptors (Lipinski definition) is 5. The van der Waals surface area contributed by atoms with E-state index in [1.54, 1.807) is 7.11 Å². The zero-order valence-corrected chi connectivity index (χ0v) is 13.0. The molecule has 3 unspecified atom stereocenters. The van der Waals surface area contributed by atoms with Crippen LogP contribution in [0.1, 0.15) is 13.3 Å². The lowest BCUT2D eigenvalue weighted by molar-refractivity contribution is 0.0179. The van der Waals surface area contributed by atoms with Crippen LogP contribution >= 0.6 is 0 Å². The first-order valence-electron chi connectivity index (χ1n) is 7.96. The van der Waals surface area contributed by atoms with Gasteiger partial charge in [-0.05, 0) is 31.3 Å². The van der Waals surface area contributed by atoms with E-state index >= 15 is 0 Å². The minimum Gasteiger partial charge on any atom is -0.382 e. The predicted molar refractivity (Wildman–Crippen MR) is 79.0 cm³/mol. The van der Waals surface area contributed by atoms with Crippen LogP contribution in [-0.2, 0) is 14.2 Å². The van der Waals surface area contributed by atoms with E-state index in [-0.39, 0.29) is 0 Å². The van der Waals surface area contributed by atoms with E-state index in [1.165, 1.54) is 26.1 Å². The highest BCUT2D eigenvalue weighted by Crippen LogP contribution is 2.33. The van der Waals surface area contributed by atoms with Crippen LogP contribution < -0.4 is 5.32 Å². The second kappa shape index (κ2) is 8.95. The summed E-state index contributed by atoms with van der Waals surface area (Å²) >= 11 is 0. The second-order valence-electron chi connectivity index (χ2n) is 5.77. The highest BCUT2D eigenvalue weighted by molar-refractivity contribution is 4.97. The standard InChI is InChI=1S/C15H30N2O3/c1-3-15-14-11-16-10-13(14)12-17(15)4-5-19-8-9-20-7-6-18-2/h13-16H,3-12H2,1-2H3. The van der Waals surface area contributed by atoms with Crippen molar-refractivity contribution >= 4 is 0 Å². The first-order chi connectivity index (χ1) is 9.86. The van der Waals surface area contributed by atoms with Gasteiger partial charge in [0.05, 0.1) is 33.0 Å². The molecule has 0 bridgehead atoms. The molecule has 0 aromatic carbocycles. The Balaban J connectivity index is 1.53. The number of hydrogen-bond donors (Lipinski definition) is 1. The zero-order valence-electron chi connectivity index (χ0n) is 13.0. The molecule has 2 saturated heterocycles. The molecular formula is C15H30N2O3. The molecule has 0 aromatic heterocycles. The van der Waals surface area contributed by atoms with E-state index in [1.807, 2.05) is 0 Å². The lowest BCUT2D eigenvalue weighted by atomic mass is 9.93. The van der Waals surface area contributed by atoms with Crippen LogP contribution in [0.4, 0.5) is 0 Å². The quantitative estimate of drug-likeness (QED) is 0.596. The van der Waals surface area contributed by atoms with Gasteiger partial charge in [0.2, 0.25) is 0 Å². The molecule has 5 nitrogen and oxygen atoms in total. The zero-order chi connectivity index (χ0) is 14.2. The van der Waals surface area contributed by atoms with E-state index in [0.29, 0.717) is 26.4 Å². The highest BCUT2D eigenvalue weighted by Gasteiger charge is 2.42. The van der Waals surface area contributed by atoms with Crippen molar-refractivity contribution in [1.82, 2.24) is 10.2 Å². The molecule has 2 heterocycles. The topological polar surface area (TPSA) is 43.0 Å². The number of nitrogens with one attached hydrogen (secondary N) is 1. The lowest BCUT2D eigenvalue weighted by Crippen LogP contribution is -2.37. The van der Waals surface area contributed by atoms with Gasteiger partial charge in [0.25, 0.3) is 0 Å². The second-order valence-corrected chi connectivity index (χ2v) is 5.77. The largest absolute Gasteiger partial charge is 0.382 e. The van der Waals surface area contributed by atoms with Gasteiger partial charge in [0.1, 0.15) is 0 Å². The molecule has 0 aliphatic carbocycles. The molecule has 20 heavy (non-hydrogen) atoms. The maximum atomic E-state index is 5.67. The highest BCUT2D eigenvalue weighted by atomic mass is 16.5. The summed E-state index contributed by atoms with van der Waals surface area (Å²) in [6.45, 7) is 10.5. The van der Waals surface area contributed by atoms with Crippen molar-refractivity contribution in [2.45, 2.75) is 19.4 Å². The van der Waals surface area contributed by atoms with Gasteiger partial charge in [0.15, 0.2) is 0 Å². The number of nitrogens with zero attached hydrogens (tertiary/aromatic N) is 1. The Morgan fingerprint density at radius 2 is 1.80 bits per heavy atom. The average Bonchev–Trinajstić information content (AvgIpc) is 3.02. The van der Waals surface area contributed by atoms with Crippen molar-refractivity contribution in [2.24, 2.45) is 11.8 Å². The fraction of sp³-hybridized carbons (Fsp3) is 1.00. The number of ether oxygens (including phenoxy) is 3. The van der Waals surface area contributed by atoms with Gasteiger partial charge in [0, 0.05) is 26.2 Å². The summed E-state index contributed by atoms with van der Waals surface area (Å²) in [4.78, 5) is 2.63. The molecule has 5 heteroatoms. The molecule has 2 aliphatic rings. The van der Waals surface area contributed by atoms with Crippen LogP contribution in [0.2, 0.25) is 0 Å². The molecule has 118 valence electrons. The summed E-state index contributed by atoms with van der Waals surface area (Å²) in [5.41, 5.74) is 0.